The minimum atomic E-state index is -0.597. The molecule has 1 heterocycles. The van der Waals surface area contributed by atoms with Crippen LogP contribution < -0.4 is 0 Å². The van der Waals surface area contributed by atoms with Crippen LogP contribution >= 0.6 is 11.6 Å². The van der Waals surface area contributed by atoms with Crippen molar-refractivity contribution in [1.29, 1.82) is 0 Å². The summed E-state index contributed by atoms with van der Waals surface area (Å²) >= 11 is 5.85. The molecule has 0 radical (unpaired) electrons. The molecule has 0 amide bonds. The van der Waals surface area contributed by atoms with Gasteiger partial charge in [0.2, 0.25) is 0 Å². The molecule has 5 nitrogen and oxygen atoms in total. The second-order valence-electron chi connectivity index (χ2n) is 5.00. The van der Waals surface area contributed by atoms with Crippen LogP contribution in [0.15, 0.2) is 48.1 Å². The van der Waals surface area contributed by atoms with Crippen molar-refractivity contribution in [2.45, 2.75) is 26.1 Å². The van der Waals surface area contributed by atoms with Gasteiger partial charge in [0.1, 0.15) is 18.5 Å². The van der Waals surface area contributed by atoms with Crippen molar-refractivity contribution in [3.05, 3.63) is 53.6 Å². The lowest BCUT2D eigenvalue weighted by atomic mass is 10.1. The van der Waals surface area contributed by atoms with Crippen molar-refractivity contribution in [3.63, 3.8) is 0 Å². The number of oxime groups is 1. The lowest BCUT2D eigenvalue weighted by Crippen LogP contribution is -2.38. The Balaban J connectivity index is 2.12. The molecule has 1 aromatic carbocycles. The molecule has 2 rings (SSSR count). The molecule has 0 saturated carbocycles. The first kappa shape index (κ1) is 15.5. The first-order chi connectivity index (χ1) is 10.0. The molecule has 0 unspecified atom stereocenters. The van der Waals surface area contributed by atoms with Gasteiger partial charge in [0, 0.05) is 24.5 Å². The second kappa shape index (κ2) is 6.74. The fourth-order valence-electron chi connectivity index (χ4n) is 1.69. The lowest BCUT2D eigenvalue weighted by Gasteiger charge is -2.24. The second-order valence-corrected chi connectivity index (χ2v) is 5.44. The molecule has 1 aromatic heterocycles. The van der Waals surface area contributed by atoms with Gasteiger partial charge in [-0.1, -0.05) is 28.9 Å². The molecule has 0 N–H and O–H groups in total. The number of hydrogen-bond donors (Lipinski definition) is 0. The fraction of sp³-hybridized carbons (Fsp3) is 0.333. The summed E-state index contributed by atoms with van der Waals surface area (Å²) in [6.45, 7) is 4.18. The third kappa shape index (κ3) is 4.06. The van der Waals surface area contributed by atoms with Gasteiger partial charge in [0.15, 0.2) is 5.84 Å². The summed E-state index contributed by atoms with van der Waals surface area (Å²) in [5.41, 5.74) is 0.393. The quantitative estimate of drug-likeness (QED) is 0.483. The number of hydrogen-bond acceptors (Lipinski definition) is 4. The van der Waals surface area contributed by atoms with E-state index in [1.165, 1.54) is 0 Å². The normalized spacial score (nSPS) is 12.5. The van der Waals surface area contributed by atoms with Gasteiger partial charge >= 0.3 is 0 Å². The number of imidazole rings is 1. The molecule has 112 valence electrons. The third-order valence-corrected chi connectivity index (χ3v) is 3.35. The largest absolute Gasteiger partial charge is 0.389 e. The first-order valence-corrected chi connectivity index (χ1v) is 6.89. The molecule has 2 aromatic rings. The van der Waals surface area contributed by atoms with E-state index in [0.717, 1.165) is 5.56 Å². The Morgan fingerprint density at radius 3 is 2.62 bits per heavy atom. The Morgan fingerprint density at radius 1 is 1.33 bits per heavy atom. The molecule has 0 aliphatic rings. The predicted octanol–water partition coefficient (Wildman–Crippen LogP) is 3.34. The Hall–Kier alpha value is -1.85. The van der Waals surface area contributed by atoms with Gasteiger partial charge in [-0.25, -0.2) is 4.98 Å². The fourth-order valence-corrected chi connectivity index (χ4v) is 1.82. The topological polar surface area (TPSA) is 48.6 Å². The van der Waals surface area contributed by atoms with Crippen molar-refractivity contribution < 1.29 is 9.57 Å². The van der Waals surface area contributed by atoms with E-state index in [2.05, 4.69) is 10.1 Å². The summed E-state index contributed by atoms with van der Waals surface area (Å²) in [6.07, 6.45) is 5.14. The zero-order valence-electron chi connectivity index (χ0n) is 12.3. The van der Waals surface area contributed by atoms with Crippen LogP contribution in [0.25, 0.3) is 0 Å². The van der Waals surface area contributed by atoms with Crippen molar-refractivity contribution >= 4 is 17.4 Å². The highest BCUT2D eigenvalue weighted by Crippen LogP contribution is 2.14. The van der Waals surface area contributed by atoms with Gasteiger partial charge in [-0.15, -0.1) is 0 Å². The van der Waals surface area contributed by atoms with Crippen molar-refractivity contribution in [2.75, 3.05) is 7.11 Å². The van der Waals surface area contributed by atoms with E-state index >= 15 is 0 Å². The predicted molar refractivity (Wildman–Crippen MR) is 82.4 cm³/mol. The molecule has 0 bridgehead atoms. The van der Waals surface area contributed by atoms with E-state index < -0.39 is 5.60 Å². The number of benzene rings is 1. The summed E-state index contributed by atoms with van der Waals surface area (Å²) in [5.74, 6) is 0.622. The molecule has 0 fully saturated rings. The molecule has 21 heavy (non-hydrogen) atoms. The Kier molecular flexibility index (Phi) is 4.98. The standard InChI is InChI=1S/C15H18ClN3O2/c1-15(2,20-3)14(19-9-8-17-11-19)18-21-10-12-4-6-13(16)7-5-12/h4-9,11H,10H2,1-3H3. The average Bonchev–Trinajstić information content (AvgIpc) is 2.99. The minimum absolute atomic E-state index is 0.356. The van der Waals surface area contributed by atoms with Crippen LogP contribution in [-0.4, -0.2) is 28.1 Å². The molecule has 6 heteroatoms. The van der Waals surface area contributed by atoms with Crippen LogP contribution in [-0.2, 0) is 16.2 Å². The van der Waals surface area contributed by atoms with Crippen LogP contribution in [0, 0.1) is 0 Å². The molecule has 0 aliphatic heterocycles. The summed E-state index contributed by atoms with van der Waals surface area (Å²) < 4.78 is 7.23. The van der Waals surface area contributed by atoms with Gasteiger partial charge in [-0.2, -0.15) is 0 Å². The molecular formula is C15H18ClN3O2. The molecule has 0 aliphatic carbocycles. The zero-order chi connectivity index (χ0) is 15.3. The van der Waals surface area contributed by atoms with Crippen LogP contribution in [0.3, 0.4) is 0 Å². The zero-order valence-corrected chi connectivity index (χ0v) is 13.0. The van der Waals surface area contributed by atoms with Crippen LogP contribution in [0.2, 0.25) is 5.02 Å². The highest BCUT2D eigenvalue weighted by atomic mass is 35.5. The van der Waals surface area contributed by atoms with Gasteiger partial charge in [-0.05, 0) is 31.5 Å². The highest BCUT2D eigenvalue weighted by Gasteiger charge is 2.27. The Bertz CT molecular complexity index is 592. The van der Waals surface area contributed by atoms with Crippen LogP contribution in [0.4, 0.5) is 0 Å². The number of nitrogens with zero attached hydrogens (tertiary/aromatic N) is 3. The van der Waals surface area contributed by atoms with Gasteiger partial charge in [-0.3, -0.25) is 4.57 Å². The smallest absolute Gasteiger partial charge is 0.185 e. The Labute approximate surface area is 129 Å². The van der Waals surface area contributed by atoms with Crippen LogP contribution in [0.1, 0.15) is 19.4 Å². The lowest BCUT2D eigenvalue weighted by molar-refractivity contribution is 0.0674. The number of methoxy groups -OCH3 is 1. The van der Waals surface area contributed by atoms with E-state index in [1.807, 2.05) is 38.1 Å². The van der Waals surface area contributed by atoms with Gasteiger partial charge in [0.05, 0.1) is 0 Å². The molecule has 0 atom stereocenters. The monoisotopic (exact) mass is 307 g/mol. The van der Waals surface area contributed by atoms with E-state index in [0.29, 0.717) is 17.5 Å². The number of halogens is 1. The maximum Gasteiger partial charge on any atom is 0.185 e. The number of rotatable bonds is 5. The number of aromatic nitrogens is 2. The first-order valence-electron chi connectivity index (χ1n) is 6.51. The third-order valence-electron chi connectivity index (χ3n) is 3.09. The highest BCUT2D eigenvalue weighted by molar-refractivity contribution is 6.30. The van der Waals surface area contributed by atoms with Crippen molar-refractivity contribution in [2.24, 2.45) is 5.16 Å². The summed E-state index contributed by atoms with van der Waals surface area (Å²) in [6, 6.07) is 7.44. The molecular weight excluding hydrogens is 290 g/mol. The number of ether oxygens (including phenoxy) is 1. The van der Waals surface area contributed by atoms with Gasteiger partial charge < -0.3 is 9.57 Å². The maximum atomic E-state index is 5.85. The van der Waals surface area contributed by atoms with E-state index in [1.54, 1.807) is 30.4 Å². The van der Waals surface area contributed by atoms with Crippen molar-refractivity contribution in [1.82, 2.24) is 9.55 Å². The van der Waals surface area contributed by atoms with E-state index in [9.17, 15) is 0 Å². The van der Waals surface area contributed by atoms with E-state index in [4.69, 9.17) is 21.2 Å². The molecule has 0 saturated heterocycles. The summed E-state index contributed by atoms with van der Waals surface area (Å²) in [4.78, 5) is 9.47. The Morgan fingerprint density at radius 2 is 2.05 bits per heavy atom. The van der Waals surface area contributed by atoms with E-state index in [-0.39, 0.29) is 0 Å². The summed E-state index contributed by atoms with van der Waals surface area (Å²) in [5, 5.41) is 4.90. The molecule has 0 spiro atoms. The minimum Gasteiger partial charge on any atom is -0.389 e. The SMILES string of the molecule is COC(C)(C)C(=NOCc1ccc(Cl)cc1)n1ccnc1. The van der Waals surface area contributed by atoms with Crippen LogP contribution in [0.5, 0.6) is 0 Å². The average molecular weight is 308 g/mol. The van der Waals surface area contributed by atoms with Gasteiger partial charge in [0.25, 0.3) is 0 Å². The summed E-state index contributed by atoms with van der Waals surface area (Å²) in [7, 11) is 1.63. The van der Waals surface area contributed by atoms with Crippen molar-refractivity contribution in [3.8, 4) is 0 Å². The maximum absolute atomic E-state index is 5.85.